The molecule has 0 aliphatic rings. The minimum Gasteiger partial charge on any atom is -0.383 e. The van der Waals surface area contributed by atoms with E-state index in [9.17, 15) is 13.6 Å². The zero-order valence-corrected chi connectivity index (χ0v) is 9.43. The first-order valence-electron chi connectivity index (χ1n) is 5.07. The lowest BCUT2D eigenvalue weighted by molar-refractivity contribution is -0.119. The Hall–Kier alpha value is -1.69. The van der Waals surface area contributed by atoms with Crippen molar-refractivity contribution in [1.29, 1.82) is 0 Å². The van der Waals surface area contributed by atoms with E-state index >= 15 is 0 Å². The van der Waals surface area contributed by atoms with Crippen LogP contribution in [0.5, 0.6) is 0 Å². The molecule has 0 aromatic heterocycles. The molecule has 0 aliphatic carbocycles. The van der Waals surface area contributed by atoms with Crippen molar-refractivity contribution in [2.75, 3.05) is 32.1 Å². The normalized spacial score (nSPS) is 10.1. The molecule has 0 bridgehead atoms. The summed E-state index contributed by atoms with van der Waals surface area (Å²) < 4.78 is 30.4. The lowest BCUT2D eigenvalue weighted by Crippen LogP contribution is -2.32. The summed E-state index contributed by atoms with van der Waals surface area (Å²) in [7, 11) is 1.53. The van der Waals surface area contributed by atoms with Gasteiger partial charge in [0.05, 0.1) is 13.2 Å². The Labute approximate surface area is 98.0 Å². The molecule has 4 nitrogen and oxygen atoms in total. The molecule has 2 N–H and O–H groups in total. The van der Waals surface area contributed by atoms with Crippen LogP contribution in [0, 0.1) is 11.6 Å². The summed E-state index contributed by atoms with van der Waals surface area (Å²) in [6.07, 6.45) is 0. The van der Waals surface area contributed by atoms with Crippen molar-refractivity contribution < 1.29 is 18.3 Å². The summed E-state index contributed by atoms with van der Waals surface area (Å²) in [6, 6.07) is 3.00. The van der Waals surface area contributed by atoms with Gasteiger partial charge in [0.2, 0.25) is 5.91 Å². The third-order valence-electron chi connectivity index (χ3n) is 1.94. The van der Waals surface area contributed by atoms with Crippen molar-refractivity contribution in [3.05, 3.63) is 29.8 Å². The Kier molecular flexibility index (Phi) is 5.35. The van der Waals surface area contributed by atoms with Crippen LogP contribution in [0.4, 0.5) is 14.5 Å². The number of carbonyl (C=O) groups is 1. The second-order valence-electron chi connectivity index (χ2n) is 3.35. The van der Waals surface area contributed by atoms with Gasteiger partial charge in [-0.05, 0) is 12.1 Å². The van der Waals surface area contributed by atoms with E-state index in [2.05, 4.69) is 10.6 Å². The predicted octanol–water partition coefficient (Wildman–Crippen LogP) is 1.14. The van der Waals surface area contributed by atoms with Crippen LogP contribution >= 0.6 is 0 Å². The maximum atomic E-state index is 12.8. The van der Waals surface area contributed by atoms with Gasteiger partial charge in [-0.1, -0.05) is 0 Å². The molecule has 0 radical (unpaired) electrons. The molecule has 1 rings (SSSR count). The number of benzene rings is 1. The van der Waals surface area contributed by atoms with Crippen LogP contribution in [0.25, 0.3) is 0 Å². The summed E-state index contributed by atoms with van der Waals surface area (Å²) in [4.78, 5) is 11.2. The number of rotatable bonds is 6. The summed E-state index contributed by atoms with van der Waals surface area (Å²) in [6.45, 7) is 0.765. The third-order valence-corrected chi connectivity index (χ3v) is 1.94. The highest BCUT2D eigenvalue weighted by Gasteiger charge is 2.03. The van der Waals surface area contributed by atoms with Crippen LogP contribution in [0.15, 0.2) is 18.2 Å². The topological polar surface area (TPSA) is 50.4 Å². The average Bonchev–Trinajstić information content (AvgIpc) is 2.25. The average molecular weight is 244 g/mol. The molecule has 0 aliphatic heterocycles. The molecule has 0 heterocycles. The Bertz CT molecular complexity index is 365. The van der Waals surface area contributed by atoms with Crippen molar-refractivity contribution in [3.8, 4) is 0 Å². The molecule has 0 saturated heterocycles. The first-order valence-corrected chi connectivity index (χ1v) is 5.07. The van der Waals surface area contributed by atoms with Crippen molar-refractivity contribution in [3.63, 3.8) is 0 Å². The second kappa shape index (κ2) is 6.80. The van der Waals surface area contributed by atoms with Crippen molar-refractivity contribution >= 4 is 11.6 Å². The number of hydrogen-bond acceptors (Lipinski definition) is 3. The van der Waals surface area contributed by atoms with Crippen LogP contribution in [0.2, 0.25) is 0 Å². The quantitative estimate of drug-likeness (QED) is 0.738. The summed E-state index contributed by atoms with van der Waals surface area (Å²) in [5, 5.41) is 5.19. The molecule has 1 aromatic rings. The van der Waals surface area contributed by atoms with Crippen LogP contribution in [0.3, 0.4) is 0 Å². The van der Waals surface area contributed by atoms with E-state index in [0.717, 1.165) is 18.2 Å². The van der Waals surface area contributed by atoms with Gasteiger partial charge in [-0.25, -0.2) is 8.78 Å². The smallest absolute Gasteiger partial charge is 0.239 e. The van der Waals surface area contributed by atoms with Gasteiger partial charge in [0, 0.05) is 25.4 Å². The highest BCUT2D eigenvalue weighted by molar-refractivity contribution is 5.80. The highest BCUT2D eigenvalue weighted by atomic mass is 19.1. The number of amides is 1. The van der Waals surface area contributed by atoms with Gasteiger partial charge < -0.3 is 15.4 Å². The zero-order valence-electron chi connectivity index (χ0n) is 9.43. The standard InChI is InChI=1S/C11H14F2N2O2/c1-17-3-2-14-11(16)7-15-10-5-8(12)4-9(13)6-10/h4-6,15H,2-3,7H2,1H3,(H,14,16). The predicted molar refractivity (Wildman–Crippen MR) is 59.7 cm³/mol. The molecular formula is C11H14F2N2O2. The molecule has 1 amide bonds. The fraction of sp³-hybridized carbons (Fsp3) is 0.364. The summed E-state index contributed by atoms with van der Waals surface area (Å²) >= 11 is 0. The Morgan fingerprint density at radius 2 is 1.94 bits per heavy atom. The molecule has 17 heavy (non-hydrogen) atoms. The fourth-order valence-electron chi connectivity index (χ4n) is 1.19. The highest BCUT2D eigenvalue weighted by Crippen LogP contribution is 2.12. The molecule has 0 unspecified atom stereocenters. The molecule has 0 atom stereocenters. The van der Waals surface area contributed by atoms with Crippen LogP contribution in [0.1, 0.15) is 0 Å². The molecule has 6 heteroatoms. The Balaban J connectivity index is 2.36. The fourth-order valence-corrected chi connectivity index (χ4v) is 1.19. The van der Waals surface area contributed by atoms with Crippen molar-refractivity contribution in [2.24, 2.45) is 0 Å². The van der Waals surface area contributed by atoms with E-state index in [1.54, 1.807) is 0 Å². The van der Waals surface area contributed by atoms with Crippen LogP contribution in [-0.4, -0.2) is 32.7 Å². The van der Waals surface area contributed by atoms with E-state index in [1.165, 1.54) is 7.11 Å². The number of halogens is 2. The number of anilines is 1. The van der Waals surface area contributed by atoms with Crippen molar-refractivity contribution in [1.82, 2.24) is 5.32 Å². The van der Waals surface area contributed by atoms with Crippen LogP contribution in [-0.2, 0) is 9.53 Å². The lowest BCUT2D eigenvalue weighted by Gasteiger charge is -2.07. The number of methoxy groups -OCH3 is 1. The number of nitrogens with one attached hydrogen (secondary N) is 2. The van der Waals surface area contributed by atoms with Gasteiger partial charge in [-0.2, -0.15) is 0 Å². The van der Waals surface area contributed by atoms with Gasteiger partial charge in [0.15, 0.2) is 0 Å². The second-order valence-corrected chi connectivity index (χ2v) is 3.35. The van der Waals surface area contributed by atoms with E-state index in [-0.39, 0.29) is 18.1 Å². The van der Waals surface area contributed by atoms with E-state index < -0.39 is 11.6 Å². The summed E-state index contributed by atoms with van der Waals surface area (Å²) in [5.41, 5.74) is 0.226. The first-order chi connectivity index (χ1) is 8.11. The zero-order chi connectivity index (χ0) is 12.7. The molecule has 94 valence electrons. The molecule has 0 spiro atoms. The number of hydrogen-bond donors (Lipinski definition) is 2. The van der Waals surface area contributed by atoms with Gasteiger partial charge in [0.25, 0.3) is 0 Å². The van der Waals surface area contributed by atoms with Gasteiger partial charge in [-0.3, -0.25) is 4.79 Å². The van der Waals surface area contributed by atoms with E-state index in [1.807, 2.05) is 0 Å². The SMILES string of the molecule is COCCNC(=O)CNc1cc(F)cc(F)c1. The van der Waals surface area contributed by atoms with Gasteiger partial charge >= 0.3 is 0 Å². The number of carbonyl (C=O) groups excluding carboxylic acids is 1. The largest absolute Gasteiger partial charge is 0.383 e. The molecule has 1 aromatic carbocycles. The first kappa shape index (κ1) is 13.4. The Morgan fingerprint density at radius 1 is 1.29 bits per heavy atom. The van der Waals surface area contributed by atoms with Gasteiger partial charge in [-0.15, -0.1) is 0 Å². The maximum Gasteiger partial charge on any atom is 0.239 e. The monoisotopic (exact) mass is 244 g/mol. The van der Waals surface area contributed by atoms with Crippen molar-refractivity contribution in [2.45, 2.75) is 0 Å². The summed E-state index contributed by atoms with van der Waals surface area (Å²) in [5.74, 6) is -1.65. The molecular weight excluding hydrogens is 230 g/mol. The number of ether oxygens (including phenoxy) is 1. The minimum atomic E-state index is -0.688. The van der Waals surface area contributed by atoms with Crippen LogP contribution < -0.4 is 10.6 Å². The molecule has 0 fully saturated rings. The Morgan fingerprint density at radius 3 is 2.53 bits per heavy atom. The van der Waals surface area contributed by atoms with E-state index in [0.29, 0.717) is 13.2 Å². The molecule has 0 saturated carbocycles. The maximum absolute atomic E-state index is 12.8. The lowest BCUT2D eigenvalue weighted by atomic mass is 10.3. The third kappa shape index (κ3) is 5.26. The van der Waals surface area contributed by atoms with Gasteiger partial charge in [0.1, 0.15) is 11.6 Å². The van der Waals surface area contributed by atoms with E-state index in [4.69, 9.17) is 4.74 Å². The minimum absolute atomic E-state index is 0.0490.